The predicted molar refractivity (Wildman–Crippen MR) is 157 cm³/mol. The van der Waals surface area contributed by atoms with Crippen LogP contribution in [0.3, 0.4) is 0 Å². The van der Waals surface area contributed by atoms with Gasteiger partial charge in [-0.05, 0) is 61.6 Å². The van der Waals surface area contributed by atoms with Crippen molar-refractivity contribution in [1.82, 2.24) is 10.2 Å². The minimum absolute atomic E-state index is 0.169. The van der Waals surface area contributed by atoms with E-state index in [4.69, 9.17) is 0 Å². The third-order valence-electron chi connectivity index (χ3n) is 6.71. The Balaban J connectivity index is 2.05. The molecule has 0 saturated heterocycles. The maximum Gasteiger partial charge on any atom is 0.244 e. The van der Waals surface area contributed by atoms with Crippen LogP contribution in [0.5, 0.6) is 0 Å². The smallest absolute Gasteiger partial charge is 0.244 e. The first-order chi connectivity index (χ1) is 18.5. The lowest BCUT2D eigenvalue weighted by molar-refractivity contribution is -0.140. The Bertz CT molecular complexity index is 1390. The lowest BCUT2D eigenvalue weighted by Crippen LogP contribution is -2.53. The Morgan fingerprint density at radius 3 is 2.18 bits per heavy atom. The molecule has 0 radical (unpaired) electrons. The minimum Gasteiger partial charge on any atom is -0.354 e. The van der Waals surface area contributed by atoms with Gasteiger partial charge in [-0.2, -0.15) is 0 Å². The number of carbonyl (C=O) groups is 2. The van der Waals surface area contributed by atoms with Crippen LogP contribution in [-0.4, -0.2) is 50.5 Å². The Hall–Kier alpha value is -3.65. The Kier molecular flexibility index (Phi) is 10.3. The van der Waals surface area contributed by atoms with Crippen LogP contribution in [0, 0.1) is 20.8 Å². The fourth-order valence-electron chi connectivity index (χ4n) is 4.42. The van der Waals surface area contributed by atoms with Gasteiger partial charge >= 0.3 is 0 Å². The molecular formula is C31H39N3O4S. The van der Waals surface area contributed by atoms with E-state index in [1.807, 2.05) is 88.4 Å². The van der Waals surface area contributed by atoms with Crippen LogP contribution in [0.25, 0.3) is 0 Å². The molecule has 2 amide bonds. The molecule has 0 saturated carbocycles. The number of sulfonamides is 1. The second-order valence-electron chi connectivity index (χ2n) is 10.0. The minimum atomic E-state index is -3.79. The van der Waals surface area contributed by atoms with Crippen LogP contribution in [0.4, 0.5) is 5.69 Å². The number of aryl methyl sites for hydroxylation is 3. The molecule has 0 heterocycles. The third-order valence-corrected chi connectivity index (χ3v) is 7.85. The summed E-state index contributed by atoms with van der Waals surface area (Å²) >= 11 is 0. The molecule has 1 N–H and O–H groups in total. The Labute approximate surface area is 232 Å². The van der Waals surface area contributed by atoms with Crippen LogP contribution in [-0.2, 0) is 32.6 Å². The highest BCUT2D eigenvalue weighted by Gasteiger charge is 2.33. The highest BCUT2D eigenvalue weighted by molar-refractivity contribution is 7.92. The molecule has 39 heavy (non-hydrogen) atoms. The number of nitrogens with zero attached hydrogens (tertiary/aromatic N) is 2. The summed E-state index contributed by atoms with van der Waals surface area (Å²) in [6.45, 7) is 8.02. The number of carbonyl (C=O) groups excluding carboxylic acids is 2. The number of benzene rings is 3. The van der Waals surface area contributed by atoms with Gasteiger partial charge in [0, 0.05) is 19.5 Å². The number of amides is 2. The van der Waals surface area contributed by atoms with Crippen molar-refractivity contribution in [1.29, 1.82) is 0 Å². The molecule has 3 rings (SSSR count). The standard InChI is InChI=1S/C31H39N3O4S/c1-6-17-32-31(36)29(20-26-12-8-7-9-13-26)33(21-27-14-10-11-23(2)18-27)30(35)22-34(39(5,37)38)28-16-15-24(3)25(4)19-28/h7-16,18-19,29H,6,17,20-22H2,1-5H3,(H,32,36). The third kappa shape index (κ3) is 8.42. The summed E-state index contributed by atoms with van der Waals surface area (Å²) in [5.74, 6) is -0.716. The van der Waals surface area contributed by atoms with Crippen molar-refractivity contribution < 1.29 is 18.0 Å². The second kappa shape index (κ2) is 13.4. The number of anilines is 1. The highest BCUT2D eigenvalue weighted by atomic mass is 32.2. The van der Waals surface area contributed by atoms with Gasteiger partial charge < -0.3 is 10.2 Å². The maximum absolute atomic E-state index is 14.1. The van der Waals surface area contributed by atoms with Gasteiger partial charge in [-0.3, -0.25) is 13.9 Å². The molecule has 0 bridgehead atoms. The Morgan fingerprint density at radius 2 is 1.56 bits per heavy atom. The van der Waals surface area contributed by atoms with E-state index in [1.165, 1.54) is 4.90 Å². The molecule has 208 valence electrons. The van der Waals surface area contributed by atoms with E-state index < -0.39 is 28.5 Å². The molecule has 3 aromatic rings. The average Bonchev–Trinajstić information content (AvgIpc) is 2.89. The molecule has 0 aliphatic rings. The fourth-order valence-corrected chi connectivity index (χ4v) is 5.26. The first-order valence-electron chi connectivity index (χ1n) is 13.2. The number of hydrogen-bond donors (Lipinski definition) is 1. The van der Waals surface area contributed by atoms with E-state index in [9.17, 15) is 18.0 Å². The molecule has 0 aromatic heterocycles. The predicted octanol–water partition coefficient (Wildman–Crippen LogP) is 4.54. The molecule has 0 aliphatic carbocycles. The van der Waals surface area contributed by atoms with E-state index >= 15 is 0 Å². The van der Waals surface area contributed by atoms with Crippen LogP contribution < -0.4 is 9.62 Å². The molecule has 1 unspecified atom stereocenters. The van der Waals surface area contributed by atoms with Crippen molar-refractivity contribution in [2.24, 2.45) is 0 Å². The summed E-state index contributed by atoms with van der Waals surface area (Å²) in [7, 11) is -3.79. The zero-order valence-corrected chi connectivity index (χ0v) is 24.3. The lowest BCUT2D eigenvalue weighted by Gasteiger charge is -2.33. The van der Waals surface area contributed by atoms with Crippen molar-refractivity contribution >= 4 is 27.5 Å². The fraction of sp³-hybridized carbons (Fsp3) is 0.355. The summed E-state index contributed by atoms with van der Waals surface area (Å²) < 4.78 is 26.9. The maximum atomic E-state index is 14.1. The summed E-state index contributed by atoms with van der Waals surface area (Å²) in [6.07, 6.45) is 2.15. The van der Waals surface area contributed by atoms with Crippen molar-refractivity contribution in [3.8, 4) is 0 Å². The van der Waals surface area contributed by atoms with Crippen LogP contribution in [0.2, 0.25) is 0 Å². The van der Waals surface area contributed by atoms with Crippen molar-refractivity contribution in [3.05, 3.63) is 101 Å². The topological polar surface area (TPSA) is 86.8 Å². The first-order valence-corrected chi connectivity index (χ1v) is 15.1. The molecule has 0 spiro atoms. The monoisotopic (exact) mass is 549 g/mol. The van der Waals surface area contributed by atoms with Gasteiger partial charge in [0.05, 0.1) is 11.9 Å². The second-order valence-corrected chi connectivity index (χ2v) is 12.0. The normalized spacial score (nSPS) is 12.0. The van der Waals surface area contributed by atoms with E-state index in [0.717, 1.165) is 44.8 Å². The largest absolute Gasteiger partial charge is 0.354 e. The van der Waals surface area contributed by atoms with Gasteiger partial charge in [0.1, 0.15) is 12.6 Å². The molecule has 7 nitrogen and oxygen atoms in total. The number of rotatable bonds is 12. The van der Waals surface area contributed by atoms with Gasteiger partial charge in [-0.15, -0.1) is 0 Å². The van der Waals surface area contributed by atoms with Gasteiger partial charge in [0.15, 0.2) is 0 Å². The first kappa shape index (κ1) is 29.9. The molecule has 8 heteroatoms. The summed E-state index contributed by atoms with van der Waals surface area (Å²) in [4.78, 5) is 29.1. The zero-order chi connectivity index (χ0) is 28.6. The van der Waals surface area contributed by atoms with Crippen LogP contribution in [0.1, 0.15) is 41.2 Å². The summed E-state index contributed by atoms with van der Waals surface area (Å²) in [5, 5.41) is 2.95. The average molecular weight is 550 g/mol. The quantitative estimate of drug-likeness (QED) is 0.359. The molecule has 1 atom stereocenters. The molecule has 0 aliphatic heterocycles. The van der Waals surface area contributed by atoms with E-state index in [1.54, 1.807) is 12.1 Å². The van der Waals surface area contributed by atoms with Gasteiger partial charge in [0.2, 0.25) is 21.8 Å². The van der Waals surface area contributed by atoms with Crippen molar-refractivity contribution in [2.45, 2.75) is 53.1 Å². The van der Waals surface area contributed by atoms with Crippen LogP contribution in [0.15, 0.2) is 72.8 Å². The summed E-state index contributed by atoms with van der Waals surface area (Å²) in [6, 6.07) is 21.8. The van der Waals surface area contributed by atoms with E-state index in [2.05, 4.69) is 5.32 Å². The number of nitrogens with one attached hydrogen (secondary N) is 1. The zero-order valence-electron chi connectivity index (χ0n) is 23.5. The molecular weight excluding hydrogens is 510 g/mol. The van der Waals surface area contributed by atoms with Crippen molar-refractivity contribution in [3.63, 3.8) is 0 Å². The van der Waals surface area contributed by atoms with Gasteiger partial charge in [0.25, 0.3) is 0 Å². The van der Waals surface area contributed by atoms with Crippen molar-refractivity contribution in [2.75, 3.05) is 23.7 Å². The van der Waals surface area contributed by atoms with E-state index in [-0.39, 0.29) is 12.5 Å². The Morgan fingerprint density at radius 1 is 0.872 bits per heavy atom. The lowest BCUT2D eigenvalue weighted by atomic mass is 10.0. The number of hydrogen-bond acceptors (Lipinski definition) is 4. The summed E-state index contributed by atoms with van der Waals surface area (Å²) in [5.41, 5.74) is 5.16. The SMILES string of the molecule is CCCNC(=O)C(Cc1ccccc1)N(Cc1cccc(C)c1)C(=O)CN(c1ccc(C)c(C)c1)S(C)(=O)=O. The van der Waals surface area contributed by atoms with Crippen LogP contribution >= 0.6 is 0 Å². The van der Waals surface area contributed by atoms with E-state index in [0.29, 0.717) is 18.7 Å². The van der Waals surface area contributed by atoms with Gasteiger partial charge in [-0.25, -0.2) is 8.42 Å². The highest BCUT2D eigenvalue weighted by Crippen LogP contribution is 2.23. The molecule has 0 fully saturated rings. The molecule has 3 aromatic carbocycles. The van der Waals surface area contributed by atoms with Gasteiger partial charge in [-0.1, -0.05) is 73.2 Å².